The third-order valence-electron chi connectivity index (χ3n) is 1.51. The first kappa shape index (κ1) is 10.0. The number of sulfonamides is 1. The summed E-state index contributed by atoms with van der Waals surface area (Å²) in [5.74, 6) is 0.0729. The highest BCUT2D eigenvalue weighted by Crippen LogP contribution is 2.09. The summed E-state index contributed by atoms with van der Waals surface area (Å²) < 4.78 is 26.8. The highest BCUT2D eigenvalue weighted by molar-refractivity contribution is 7.93. The second-order valence-electron chi connectivity index (χ2n) is 2.51. The van der Waals surface area contributed by atoms with Crippen molar-refractivity contribution in [2.75, 3.05) is 13.2 Å². The first-order chi connectivity index (χ1) is 6.05. The SMILES string of the molecule is N=C/C(=C1\NCCCO1)S(N)(=O)=O. The van der Waals surface area contributed by atoms with E-state index in [4.69, 9.17) is 15.3 Å². The lowest BCUT2D eigenvalue weighted by atomic mass is 10.4. The van der Waals surface area contributed by atoms with Crippen LogP contribution in [-0.2, 0) is 14.8 Å². The van der Waals surface area contributed by atoms with Crippen LogP contribution in [0.1, 0.15) is 6.42 Å². The number of nitrogens with two attached hydrogens (primary N) is 1. The smallest absolute Gasteiger partial charge is 0.244 e. The van der Waals surface area contributed by atoms with Crippen molar-refractivity contribution in [3.05, 3.63) is 10.8 Å². The van der Waals surface area contributed by atoms with Gasteiger partial charge in [-0.15, -0.1) is 0 Å². The molecule has 4 N–H and O–H groups in total. The van der Waals surface area contributed by atoms with Crippen molar-refractivity contribution in [2.24, 2.45) is 5.14 Å². The predicted octanol–water partition coefficient (Wildman–Crippen LogP) is -0.897. The van der Waals surface area contributed by atoms with Gasteiger partial charge in [-0.25, -0.2) is 13.6 Å². The van der Waals surface area contributed by atoms with Crippen LogP contribution < -0.4 is 10.5 Å². The summed E-state index contributed by atoms with van der Waals surface area (Å²) in [7, 11) is -3.87. The Morgan fingerprint density at radius 1 is 1.69 bits per heavy atom. The molecule has 0 spiro atoms. The van der Waals surface area contributed by atoms with Gasteiger partial charge in [0.05, 0.1) is 6.61 Å². The third kappa shape index (κ3) is 2.43. The molecule has 0 aliphatic carbocycles. The molecule has 1 rings (SSSR count). The van der Waals surface area contributed by atoms with Gasteiger partial charge in [-0.3, -0.25) is 0 Å². The fourth-order valence-electron chi connectivity index (χ4n) is 0.934. The molecule has 0 saturated carbocycles. The maximum atomic E-state index is 10.9. The number of allylic oxidation sites excluding steroid dienone is 1. The second kappa shape index (κ2) is 3.75. The molecule has 1 aliphatic heterocycles. The van der Waals surface area contributed by atoms with Crippen molar-refractivity contribution in [3.63, 3.8) is 0 Å². The Morgan fingerprint density at radius 3 is 2.77 bits per heavy atom. The van der Waals surface area contributed by atoms with E-state index in [2.05, 4.69) is 5.32 Å². The van der Waals surface area contributed by atoms with Crippen molar-refractivity contribution < 1.29 is 13.2 Å². The molecule has 1 saturated heterocycles. The summed E-state index contributed by atoms with van der Waals surface area (Å²) in [5.41, 5.74) is 0. The fourth-order valence-corrected chi connectivity index (χ4v) is 1.49. The third-order valence-corrected chi connectivity index (χ3v) is 2.43. The maximum absolute atomic E-state index is 10.9. The number of ether oxygens (including phenoxy) is 1. The Morgan fingerprint density at radius 2 is 2.38 bits per heavy atom. The standard InChI is InChI=1S/C6H11N3O3S/c7-4-5(13(8,10)11)6-9-2-1-3-12-6/h4,7,9H,1-3H2,(H2,8,10,11)/b6-5-,7-4?. The van der Waals surface area contributed by atoms with Gasteiger partial charge in [-0.1, -0.05) is 0 Å². The van der Waals surface area contributed by atoms with Crippen molar-refractivity contribution in [1.82, 2.24) is 5.32 Å². The zero-order valence-corrected chi connectivity index (χ0v) is 7.73. The van der Waals surface area contributed by atoms with E-state index in [0.717, 1.165) is 6.42 Å². The molecule has 6 nitrogen and oxygen atoms in total. The van der Waals surface area contributed by atoms with Gasteiger partial charge < -0.3 is 15.5 Å². The summed E-state index contributed by atoms with van der Waals surface area (Å²) in [5, 5.41) is 14.5. The van der Waals surface area contributed by atoms with Gasteiger partial charge in [-0.2, -0.15) is 0 Å². The average Bonchev–Trinajstić information content (AvgIpc) is 2.05. The first-order valence-corrected chi connectivity index (χ1v) is 5.24. The van der Waals surface area contributed by atoms with Gasteiger partial charge in [0.25, 0.3) is 0 Å². The first-order valence-electron chi connectivity index (χ1n) is 3.70. The molecule has 0 radical (unpaired) electrons. The van der Waals surface area contributed by atoms with E-state index < -0.39 is 10.0 Å². The van der Waals surface area contributed by atoms with Gasteiger partial charge in [0.15, 0.2) is 4.91 Å². The van der Waals surface area contributed by atoms with Gasteiger partial charge in [0.1, 0.15) is 0 Å². The molecule has 1 fully saturated rings. The van der Waals surface area contributed by atoms with E-state index in [0.29, 0.717) is 19.4 Å². The molecule has 13 heavy (non-hydrogen) atoms. The molecule has 1 aliphatic rings. The maximum Gasteiger partial charge on any atom is 0.244 e. The topological polar surface area (TPSA) is 105 Å². The highest BCUT2D eigenvalue weighted by Gasteiger charge is 2.19. The lowest BCUT2D eigenvalue weighted by molar-refractivity contribution is 0.157. The molecule has 0 bridgehead atoms. The van der Waals surface area contributed by atoms with E-state index in [9.17, 15) is 8.42 Å². The highest BCUT2D eigenvalue weighted by atomic mass is 32.2. The lowest BCUT2D eigenvalue weighted by Crippen LogP contribution is -2.30. The molecule has 0 unspecified atom stereocenters. The quantitative estimate of drug-likeness (QED) is 0.508. The second-order valence-corrected chi connectivity index (χ2v) is 4.04. The summed E-state index contributed by atoms with van der Waals surface area (Å²) in [6, 6.07) is 0. The van der Waals surface area contributed by atoms with E-state index in [1.54, 1.807) is 0 Å². The lowest BCUT2D eigenvalue weighted by Gasteiger charge is -2.19. The van der Waals surface area contributed by atoms with Crippen LogP contribution in [0, 0.1) is 5.41 Å². The van der Waals surface area contributed by atoms with Crippen LogP contribution in [0.4, 0.5) is 0 Å². The Bertz CT molecular complexity index is 325. The molecule has 7 heteroatoms. The normalized spacial score (nSPS) is 21.3. The largest absolute Gasteiger partial charge is 0.478 e. The van der Waals surface area contributed by atoms with Crippen molar-refractivity contribution >= 4 is 16.2 Å². The molecule has 0 aromatic carbocycles. The zero-order valence-electron chi connectivity index (χ0n) is 6.91. The van der Waals surface area contributed by atoms with Gasteiger partial charge in [-0.05, 0) is 6.42 Å². The molecule has 0 aromatic heterocycles. The minimum absolute atomic E-state index is 0.0729. The van der Waals surface area contributed by atoms with Crippen LogP contribution in [0.3, 0.4) is 0 Å². The number of primary sulfonamides is 1. The average molecular weight is 205 g/mol. The number of hydrogen-bond donors (Lipinski definition) is 3. The monoisotopic (exact) mass is 205 g/mol. The van der Waals surface area contributed by atoms with Crippen LogP contribution in [0.15, 0.2) is 10.8 Å². The number of hydrogen-bond acceptors (Lipinski definition) is 5. The Balaban J connectivity index is 3.03. The molecule has 1 heterocycles. The summed E-state index contributed by atoms with van der Waals surface area (Å²) in [4.78, 5) is -0.313. The van der Waals surface area contributed by atoms with Crippen LogP contribution in [0.5, 0.6) is 0 Å². The Kier molecular flexibility index (Phi) is 2.89. The number of nitrogens with one attached hydrogen (secondary N) is 2. The van der Waals surface area contributed by atoms with Crippen LogP contribution >= 0.6 is 0 Å². The van der Waals surface area contributed by atoms with Crippen LogP contribution in [0.25, 0.3) is 0 Å². The van der Waals surface area contributed by atoms with Gasteiger partial charge in [0, 0.05) is 12.8 Å². The minimum Gasteiger partial charge on any atom is -0.478 e. The number of rotatable bonds is 2. The van der Waals surface area contributed by atoms with E-state index in [1.807, 2.05) is 0 Å². The fraction of sp³-hybridized carbons (Fsp3) is 0.500. The summed E-state index contributed by atoms with van der Waals surface area (Å²) in [6.45, 7) is 1.07. The van der Waals surface area contributed by atoms with Crippen molar-refractivity contribution in [3.8, 4) is 0 Å². The summed E-state index contributed by atoms with van der Waals surface area (Å²) >= 11 is 0. The van der Waals surface area contributed by atoms with Crippen LogP contribution in [-0.4, -0.2) is 27.8 Å². The zero-order chi connectivity index (χ0) is 9.90. The summed E-state index contributed by atoms with van der Waals surface area (Å²) in [6.07, 6.45) is 1.47. The minimum atomic E-state index is -3.87. The van der Waals surface area contributed by atoms with Gasteiger partial charge >= 0.3 is 0 Å². The molecular weight excluding hydrogens is 194 g/mol. The molecular formula is C6H11N3O3S. The molecule has 0 amide bonds. The van der Waals surface area contributed by atoms with Crippen molar-refractivity contribution in [2.45, 2.75) is 6.42 Å². The van der Waals surface area contributed by atoms with Gasteiger partial charge in [0.2, 0.25) is 15.9 Å². The Labute approximate surface area is 76.3 Å². The van der Waals surface area contributed by atoms with E-state index in [-0.39, 0.29) is 10.8 Å². The van der Waals surface area contributed by atoms with Crippen molar-refractivity contribution in [1.29, 1.82) is 5.41 Å². The van der Waals surface area contributed by atoms with Crippen LogP contribution in [0.2, 0.25) is 0 Å². The van der Waals surface area contributed by atoms with E-state index >= 15 is 0 Å². The molecule has 0 atom stereocenters. The predicted molar refractivity (Wildman–Crippen MR) is 47.5 cm³/mol. The van der Waals surface area contributed by atoms with E-state index in [1.165, 1.54) is 0 Å². The molecule has 74 valence electrons. The Hall–Kier alpha value is -1.08. The molecule has 0 aromatic rings.